The van der Waals surface area contributed by atoms with Crippen LogP contribution in [-0.2, 0) is 50.7 Å². The van der Waals surface area contributed by atoms with E-state index in [-0.39, 0.29) is 70.2 Å². The maximum atomic E-state index is 13.1. The van der Waals surface area contributed by atoms with Crippen molar-refractivity contribution in [2.75, 3.05) is 37.8 Å². The quantitative estimate of drug-likeness (QED) is 0.0386. The molecule has 3 saturated carbocycles. The van der Waals surface area contributed by atoms with Gasteiger partial charge >= 0.3 is 23.5 Å². The zero-order valence-electron chi connectivity index (χ0n) is 45.1. The first-order chi connectivity index (χ1) is 36.8. The normalized spacial score (nSPS) is 33.0. The number of aliphatic hydroxyl groups excluding tert-OH is 5. The third kappa shape index (κ3) is 14.8. The molecule has 13 N–H and O–H groups in total. The van der Waals surface area contributed by atoms with E-state index in [0.717, 1.165) is 73.9 Å². The zero-order valence-corrected chi connectivity index (χ0v) is 48.6. The van der Waals surface area contributed by atoms with Gasteiger partial charge in [-0.2, -0.15) is 4.31 Å². The lowest BCUT2D eigenvalue weighted by atomic mass is 9.46. The minimum Gasteiger partial charge on any atom is -0.393 e. The highest BCUT2D eigenvalue weighted by Crippen LogP contribution is 2.67. The first kappa shape index (κ1) is 63.8. The van der Waals surface area contributed by atoms with Crippen LogP contribution >= 0.6 is 35.2 Å². The monoisotopic (exact) mass is 1200 g/mol. The van der Waals surface area contributed by atoms with Gasteiger partial charge in [-0.1, -0.05) is 65.0 Å². The summed E-state index contributed by atoms with van der Waals surface area (Å²) in [7, 11) is -16.5. The summed E-state index contributed by atoms with van der Waals surface area (Å²) in [5.74, 6) is -0.195. The maximum Gasteiger partial charge on any atom is 0.481 e. The SMILES string of the molecule is C[C@H](CC[C@@H](O)[C@@H](C)C(=O)SCCNC(=O)CCNC(=O)[C@H](O)C(C)(C)COP(=O)(O)OP(=O)(O)OC[C@H]1O[C@@H](n2cnc3c(N)ncnc32)[C@H](O)[C@@H]1OP(=O)(O)O)[C@H]1CC[C@H]2[C@@H]3[C@@H](O)C=C4C[C@@H](O)CC[C@]4(C)[C@H]3CC[C@]12C. The third-order valence-electron chi connectivity index (χ3n) is 17.5. The first-order valence-electron chi connectivity index (χ1n) is 26.6. The summed E-state index contributed by atoms with van der Waals surface area (Å²) in [5.41, 5.74) is 5.56. The number of aliphatic hydroxyl groups is 5. The molecule has 31 heteroatoms. The lowest BCUT2D eigenvalue weighted by molar-refractivity contribution is -0.137. The average molecular weight is 1200 g/mol. The Kier molecular flexibility index (Phi) is 20.3. The molecule has 0 radical (unpaired) electrons. The van der Waals surface area contributed by atoms with Crippen LogP contribution in [-0.4, -0.2) is 156 Å². The molecule has 4 fully saturated rings. The number of thioether (sulfide) groups is 1. The number of phosphoric ester groups is 3. The molecule has 4 aliphatic carbocycles. The van der Waals surface area contributed by atoms with E-state index in [0.29, 0.717) is 36.5 Å². The van der Waals surface area contributed by atoms with Gasteiger partial charge in [0.25, 0.3) is 0 Å². The molecule has 79 heavy (non-hydrogen) atoms. The minimum absolute atomic E-state index is 0.0202. The van der Waals surface area contributed by atoms with Gasteiger partial charge in [0.1, 0.15) is 36.3 Å². The number of anilines is 1. The number of carbonyl (C=O) groups is 3. The van der Waals surface area contributed by atoms with Gasteiger partial charge < -0.3 is 66.2 Å². The smallest absolute Gasteiger partial charge is 0.393 e. The fourth-order valence-electron chi connectivity index (χ4n) is 13.1. The molecule has 3 heterocycles. The van der Waals surface area contributed by atoms with E-state index in [1.807, 2.05) is 0 Å². The Morgan fingerprint density at radius 2 is 1.65 bits per heavy atom. The number of amides is 2. The molecule has 5 aliphatic rings. The Hall–Kier alpha value is -2.82. The summed E-state index contributed by atoms with van der Waals surface area (Å²) in [6, 6.07) is 0. The Balaban J connectivity index is 0.776. The molecule has 2 aromatic rings. The number of nitrogens with two attached hydrogens (primary N) is 1. The van der Waals surface area contributed by atoms with Crippen LogP contribution < -0.4 is 16.4 Å². The van der Waals surface area contributed by atoms with Gasteiger partial charge in [-0.05, 0) is 98.2 Å². The molecule has 0 bridgehead atoms. The number of aromatic nitrogens is 4. The molecule has 2 amide bonds. The van der Waals surface area contributed by atoms with E-state index in [1.54, 1.807) is 6.92 Å². The van der Waals surface area contributed by atoms with Gasteiger partial charge in [-0.15, -0.1) is 0 Å². The van der Waals surface area contributed by atoms with Crippen molar-refractivity contribution < 1.29 is 95.8 Å². The van der Waals surface area contributed by atoms with Crippen LogP contribution in [0.4, 0.5) is 5.82 Å². The second kappa shape index (κ2) is 25.2. The molecule has 18 atom stereocenters. The standard InChI is InChI=1S/C48H78N7O20P3S/c1-25(29-8-9-30-36-31(12-15-48(29,30)6)47(5)14-11-28(56)19-27(47)20-33(36)58)7-10-32(57)26(2)45(63)79-18-17-50-35(59)13-16-51-43(62)40(61)46(3,4)22-72-78(69,70)75-77(67,68)71-21-34-39(74-76(64,65)66)38(60)44(73-34)55-24-54-37-41(49)52-23-53-42(37)55/h20,23-26,28-34,36,38-40,44,56-58,60-61H,7-19,21-22H2,1-6H3,(H,50,59)(H,51,62)(H,67,68)(H,69,70)(H2,49,52,53)(H2,64,65,66)/t25-,26-,28+,29-,30+,31+,32-,33+,34-,36+,38-,39-,40+,44-,47+,48-/m1/s1. The van der Waals surface area contributed by atoms with Crippen LogP contribution in [0.15, 0.2) is 24.3 Å². The van der Waals surface area contributed by atoms with Gasteiger partial charge in [-0.25, -0.2) is 28.6 Å². The number of carbonyl (C=O) groups excluding carboxylic acids is 3. The van der Waals surface area contributed by atoms with E-state index < -0.39 is 103 Å². The molecule has 1 saturated heterocycles. The van der Waals surface area contributed by atoms with Gasteiger partial charge in [0, 0.05) is 30.7 Å². The van der Waals surface area contributed by atoms with Crippen molar-refractivity contribution in [2.24, 2.45) is 51.8 Å². The molecule has 1 aliphatic heterocycles. The van der Waals surface area contributed by atoms with E-state index >= 15 is 0 Å². The number of hydrogen-bond donors (Lipinski definition) is 12. The second-order valence-electron chi connectivity index (χ2n) is 23.2. The number of nitrogen functional groups attached to an aromatic ring is 1. The molecular weight excluding hydrogens is 1120 g/mol. The van der Waals surface area contributed by atoms with Crippen molar-refractivity contribution in [3.63, 3.8) is 0 Å². The summed E-state index contributed by atoms with van der Waals surface area (Å²) in [5, 5.41) is 59.6. The molecule has 2 unspecified atom stereocenters. The lowest BCUT2D eigenvalue weighted by Gasteiger charge is -2.59. The van der Waals surface area contributed by atoms with Crippen molar-refractivity contribution in [1.29, 1.82) is 0 Å². The van der Waals surface area contributed by atoms with E-state index in [9.17, 15) is 73.2 Å². The van der Waals surface area contributed by atoms with E-state index in [1.165, 1.54) is 19.4 Å². The minimum atomic E-state index is -5.61. The molecule has 446 valence electrons. The van der Waals surface area contributed by atoms with Gasteiger partial charge in [0.05, 0.1) is 43.8 Å². The highest BCUT2D eigenvalue weighted by molar-refractivity contribution is 8.13. The molecule has 0 spiro atoms. The van der Waals surface area contributed by atoms with Gasteiger partial charge in [0.2, 0.25) is 11.8 Å². The van der Waals surface area contributed by atoms with Crippen molar-refractivity contribution in [3.8, 4) is 0 Å². The maximum absolute atomic E-state index is 13.1. The number of nitrogens with zero attached hydrogens (tertiary/aromatic N) is 4. The first-order valence-corrected chi connectivity index (χ1v) is 32.1. The molecular formula is C48H78N7O20P3S. The number of fused-ring (bicyclic) bond motifs is 6. The highest BCUT2D eigenvalue weighted by Gasteiger charge is 2.61. The van der Waals surface area contributed by atoms with Gasteiger partial charge in [-0.3, -0.25) is 32.5 Å². The topological polar surface area (TPSA) is 424 Å². The van der Waals surface area contributed by atoms with Crippen molar-refractivity contribution in [3.05, 3.63) is 24.3 Å². The fraction of sp³-hybridized carbons (Fsp3) is 0.792. The summed E-state index contributed by atoms with van der Waals surface area (Å²) in [4.78, 5) is 89.9. The predicted molar refractivity (Wildman–Crippen MR) is 283 cm³/mol. The summed E-state index contributed by atoms with van der Waals surface area (Å²) < 4.78 is 62.8. The number of ether oxygens (including phenoxy) is 1. The Morgan fingerprint density at radius 3 is 2.35 bits per heavy atom. The van der Waals surface area contributed by atoms with Crippen LogP contribution in [0.3, 0.4) is 0 Å². The lowest BCUT2D eigenvalue weighted by Crippen LogP contribution is -2.55. The molecule has 0 aromatic carbocycles. The zero-order chi connectivity index (χ0) is 58.2. The number of hydrogen-bond acceptors (Lipinski definition) is 21. The predicted octanol–water partition coefficient (Wildman–Crippen LogP) is 2.99. The van der Waals surface area contributed by atoms with E-state index in [4.69, 9.17) is 19.5 Å². The number of imidazole rings is 1. The Morgan fingerprint density at radius 1 is 0.937 bits per heavy atom. The van der Waals surface area contributed by atoms with Crippen LogP contribution in [0, 0.1) is 51.8 Å². The van der Waals surface area contributed by atoms with Gasteiger partial charge in [0.15, 0.2) is 22.8 Å². The van der Waals surface area contributed by atoms with Crippen molar-refractivity contribution in [1.82, 2.24) is 30.2 Å². The molecule has 27 nitrogen and oxygen atoms in total. The third-order valence-corrected chi connectivity index (χ3v) is 21.6. The van der Waals surface area contributed by atoms with Crippen molar-refractivity contribution in [2.45, 2.75) is 155 Å². The van der Waals surface area contributed by atoms with Crippen LogP contribution in [0.2, 0.25) is 0 Å². The number of nitrogens with one attached hydrogen (secondary N) is 2. The largest absolute Gasteiger partial charge is 0.481 e. The van der Waals surface area contributed by atoms with Crippen molar-refractivity contribution >= 4 is 69.1 Å². The molecule has 7 rings (SSSR count). The number of rotatable bonds is 25. The summed E-state index contributed by atoms with van der Waals surface area (Å²) >= 11 is 0.996. The summed E-state index contributed by atoms with van der Waals surface area (Å²) in [6.07, 6.45) is 1.19. The highest BCUT2D eigenvalue weighted by atomic mass is 32.2. The second-order valence-corrected chi connectivity index (χ2v) is 28.5. The van der Waals surface area contributed by atoms with E-state index in [2.05, 4.69) is 61.3 Å². The number of phosphoric acid groups is 3. The Bertz CT molecular complexity index is 2700. The fourth-order valence-corrected chi connectivity index (χ4v) is 16.7. The molecule has 2 aromatic heterocycles. The average Bonchev–Trinajstić information content (AvgIpc) is 4.08. The van der Waals surface area contributed by atoms with Crippen LogP contribution in [0.1, 0.15) is 112 Å². The van der Waals surface area contributed by atoms with Crippen LogP contribution in [0.25, 0.3) is 11.2 Å². The Labute approximate surface area is 462 Å². The van der Waals surface area contributed by atoms with Crippen LogP contribution in [0.5, 0.6) is 0 Å². The summed E-state index contributed by atoms with van der Waals surface area (Å²) in [6.45, 7) is 9.00.